The molecule has 0 bridgehead atoms. The third kappa shape index (κ3) is 3.21. The molecule has 0 aliphatic carbocycles. The summed E-state index contributed by atoms with van der Waals surface area (Å²) in [5.41, 5.74) is 0. The molecule has 64 valence electrons. The molecule has 0 N–H and O–H groups in total. The standard InChI is InChI=1S/C8H20P.ClH/c1-5-9(6-2,7-3)8-4;/h5-8H2,1-4H3;1H/q+1;/p-1. The second-order valence-electron chi connectivity index (χ2n) is 2.61. The van der Waals surface area contributed by atoms with Crippen LogP contribution >= 0.6 is 7.26 Å². The van der Waals surface area contributed by atoms with Gasteiger partial charge in [0.1, 0.15) is 0 Å². The van der Waals surface area contributed by atoms with Gasteiger partial charge in [-0.25, -0.2) is 0 Å². The van der Waals surface area contributed by atoms with Gasteiger partial charge in [0.2, 0.25) is 0 Å². The Labute approximate surface area is 72.5 Å². The maximum atomic E-state index is 2.35. The predicted molar refractivity (Wildman–Crippen MR) is 49.1 cm³/mol. The van der Waals surface area contributed by atoms with Crippen LogP contribution < -0.4 is 12.4 Å². The lowest BCUT2D eigenvalue weighted by Gasteiger charge is -2.20. The van der Waals surface area contributed by atoms with E-state index in [1.54, 1.807) is 0 Å². The first-order valence-electron chi connectivity index (χ1n) is 4.09. The molecule has 0 atom stereocenters. The van der Waals surface area contributed by atoms with Crippen molar-refractivity contribution in [2.24, 2.45) is 0 Å². The molecule has 0 aromatic rings. The highest BCUT2D eigenvalue weighted by Gasteiger charge is 2.27. The van der Waals surface area contributed by atoms with E-state index in [0.717, 1.165) is 0 Å². The molecule has 0 aromatic heterocycles. The Morgan fingerprint density at radius 2 is 0.900 bits per heavy atom. The van der Waals surface area contributed by atoms with Crippen LogP contribution in [-0.2, 0) is 0 Å². The van der Waals surface area contributed by atoms with E-state index >= 15 is 0 Å². The molecule has 0 saturated carbocycles. The van der Waals surface area contributed by atoms with Crippen molar-refractivity contribution in [2.75, 3.05) is 24.6 Å². The SMILES string of the molecule is CC[P+](CC)(CC)CC.[Cl-]. The molecule has 0 fully saturated rings. The van der Waals surface area contributed by atoms with Crippen molar-refractivity contribution in [3.63, 3.8) is 0 Å². The maximum Gasteiger partial charge on any atom is 0.0565 e. The minimum absolute atomic E-state index is 0. The summed E-state index contributed by atoms with van der Waals surface area (Å²) in [6.45, 7) is 9.41. The van der Waals surface area contributed by atoms with Crippen LogP contribution in [0.4, 0.5) is 0 Å². The number of hydrogen-bond acceptors (Lipinski definition) is 0. The van der Waals surface area contributed by atoms with Crippen LogP contribution in [0.15, 0.2) is 0 Å². The fraction of sp³-hybridized carbons (Fsp3) is 1.00. The average molecular weight is 183 g/mol. The Balaban J connectivity index is 0. The minimum Gasteiger partial charge on any atom is -1.00 e. The zero-order valence-electron chi connectivity index (χ0n) is 7.65. The molecule has 0 saturated heterocycles. The Morgan fingerprint density at radius 1 is 0.700 bits per heavy atom. The lowest BCUT2D eigenvalue weighted by Crippen LogP contribution is -3.00. The van der Waals surface area contributed by atoms with Crippen molar-refractivity contribution in [1.82, 2.24) is 0 Å². The summed E-state index contributed by atoms with van der Waals surface area (Å²) < 4.78 is 0. The van der Waals surface area contributed by atoms with Crippen LogP contribution in [0.3, 0.4) is 0 Å². The first-order chi connectivity index (χ1) is 4.24. The summed E-state index contributed by atoms with van der Waals surface area (Å²) in [6.07, 6.45) is 5.82. The van der Waals surface area contributed by atoms with Gasteiger partial charge in [0.05, 0.1) is 24.6 Å². The van der Waals surface area contributed by atoms with Crippen LogP contribution in [0, 0.1) is 0 Å². The first-order valence-corrected chi connectivity index (χ1v) is 6.62. The summed E-state index contributed by atoms with van der Waals surface area (Å²) in [7, 11) is -0.420. The van der Waals surface area contributed by atoms with Crippen molar-refractivity contribution in [2.45, 2.75) is 27.7 Å². The molecule has 0 radical (unpaired) electrons. The van der Waals surface area contributed by atoms with Gasteiger partial charge in [-0.15, -0.1) is 0 Å². The molecule has 0 aromatic carbocycles. The van der Waals surface area contributed by atoms with Crippen molar-refractivity contribution in [3.8, 4) is 0 Å². The van der Waals surface area contributed by atoms with E-state index in [9.17, 15) is 0 Å². The monoisotopic (exact) mass is 182 g/mol. The van der Waals surface area contributed by atoms with Gasteiger partial charge in [0, 0.05) is 7.26 Å². The lowest BCUT2D eigenvalue weighted by molar-refractivity contribution is -0.00000221. The molecule has 2 heteroatoms. The van der Waals surface area contributed by atoms with Gasteiger partial charge in [-0.2, -0.15) is 0 Å². The fourth-order valence-corrected chi connectivity index (χ4v) is 4.02. The van der Waals surface area contributed by atoms with Gasteiger partial charge < -0.3 is 12.4 Å². The van der Waals surface area contributed by atoms with E-state index < -0.39 is 7.26 Å². The average Bonchev–Trinajstić information content (AvgIpc) is 1.95. The van der Waals surface area contributed by atoms with Crippen molar-refractivity contribution < 1.29 is 12.4 Å². The largest absolute Gasteiger partial charge is 1.00 e. The molecule has 0 unspecified atom stereocenters. The molecular weight excluding hydrogens is 163 g/mol. The van der Waals surface area contributed by atoms with Gasteiger partial charge in [0.15, 0.2) is 0 Å². The highest BCUT2D eigenvalue weighted by Crippen LogP contribution is 2.57. The van der Waals surface area contributed by atoms with Crippen molar-refractivity contribution >= 4 is 7.26 Å². The van der Waals surface area contributed by atoms with Gasteiger partial charge >= 0.3 is 0 Å². The molecule has 0 heterocycles. The number of rotatable bonds is 4. The molecule has 0 nitrogen and oxygen atoms in total. The van der Waals surface area contributed by atoms with E-state index in [4.69, 9.17) is 0 Å². The van der Waals surface area contributed by atoms with Crippen LogP contribution in [0.1, 0.15) is 27.7 Å². The van der Waals surface area contributed by atoms with E-state index in [0.29, 0.717) is 0 Å². The van der Waals surface area contributed by atoms with E-state index in [1.165, 1.54) is 24.6 Å². The maximum absolute atomic E-state index is 2.35. The smallest absolute Gasteiger partial charge is 0.0565 e. The van der Waals surface area contributed by atoms with Gasteiger partial charge in [0.25, 0.3) is 0 Å². The fourth-order valence-electron chi connectivity index (χ4n) is 1.34. The summed E-state index contributed by atoms with van der Waals surface area (Å²) >= 11 is 0. The quantitative estimate of drug-likeness (QED) is 0.541. The van der Waals surface area contributed by atoms with Gasteiger partial charge in [-0.05, 0) is 27.7 Å². The predicted octanol–water partition coefficient (Wildman–Crippen LogP) is 0.0876. The summed E-state index contributed by atoms with van der Waals surface area (Å²) in [5.74, 6) is 0. The van der Waals surface area contributed by atoms with Crippen molar-refractivity contribution in [3.05, 3.63) is 0 Å². The summed E-state index contributed by atoms with van der Waals surface area (Å²) in [6, 6.07) is 0. The Bertz CT molecular complexity index is 52.1. The molecule has 10 heavy (non-hydrogen) atoms. The minimum atomic E-state index is -0.420. The Kier molecular flexibility index (Phi) is 8.57. The third-order valence-corrected chi connectivity index (χ3v) is 8.05. The van der Waals surface area contributed by atoms with E-state index in [1.807, 2.05) is 0 Å². The first kappa shape index (κ1) is 13.3. The lowest BCUT2D eigenvalue weighted by atomic mass is 10.9. The van der Waals surface area contributed by atoms with E-state index in [-0.39, 0.29) is 12.4 Å². The molecule has 0 amide bonds. The molecular formula is C8H20ClP. The molecule has 0 rings (SSSR count). The third-order valence-electron chi connectivity index (χ3n) is 2.68. The zero-order valence-corrected chi connectivity index (χ0v) is 9.30. The highest BCUT2D eigenvalue weighted by molar-refractivity contribution is 7.75. The zero-order chi connectivity index (χ0) is 7.33. The second-order valence-corrected chi connectivity index (χ2v) is 7.82. The number of halogens is 1. The normalized spacial score (nSPS) is 10.8. The van der Waals surface area contributed by atoms with Gasteiger partial charge in [-0.1, -0.05) is 0 Å². The van der Waals surface area contributed by atoms with Crippen LogP contribution in [0.5, 0.6) is 0 Å². The number of hydrogen-bond donors (Lipinski definition) is 0. The molecule has 0 aliphatic rings. The molecule has 0 aliphatic heterocycles. The Morgan fingerprint density at radius 3 is 0.900 bits per heavy atom. The Hall–Kier alpha value is 0.720. The van der Waals surface area contributed by atoms with Crippen LogP contribution in [0.2, 0.25) is 0 Å². The summed E-state index contributed by atoms with van der Waals surface area (Å²) in [4.78, 5) is 0. The van der Waals surface area contributed by atoms with Crippen molar-refractivity contribution in [1.29, 1.82) is 0 Å². The second kappa shape index (κ2) is 6.43. The topological polar surface area (TPSA) is 0 Å². The molecule has 0 spiro atoms. The van der Waals surface area contributed by atoms with E-state index in [2.05, 4.69) is 27.7 Å². The highest BCUT2D eigenvalue weighted by atomic mass is 35.5. The van der Waals surface area contributed by atoms with Crippen LogP contribution in [-0.4, -0.2) is 24.6 Å². The van der Waals surface area contributed by atoms with Gasteiger partial charge in [-0.3, -0.25) is 0 Å². The summed E-state index contributed by atoms with van der Waals surface area (Å²) in [5, 5.41) is 0. The van der Waals surface area contributed by atoms with Crippen LogP contribution in [0.25, 0.3) is 0 Å².